The van der Waals surface area contributed by atoms with E-state index < -0.39 is 0 Å². The van der Waals surface area contributed by atoms with Crippen LogP contribution in [0, 0.1) is 0 Å². The highest BCUT2D eigenvalue weighted by atomic mass is 16.5. The fourth-order valence-electron chi connectivity index (χ4n) is 3.40. The van der Waals surface area contributed by atoms with Crippen molar-refractivity contribution in [2.24, 2.45) is 0 Å². The molecule has 1 amide bonds. The van der Waals surface area contributed by atoms with Crippen LogP contribution in [-0.2, 0) is 6.54 Å². The second-order valence-electron chi connectivity index (χ2n) is 7.92. The number of hydrogen-bond donors (Lipinski definition) is 2. The Bertz CT molecular complexity index is 1250. The topological polar surface area (TPSA) is 84.3 Å². The molecule has 2 N–H and O–H groups in total. The Morgan fingerprint density at radius 3 is 2.44 bits per heavy atom. The van der Waals surface area contributed by atoms with E-state index in [1.54, 1.807) is 36.1 Å². The third-order valence-corrected chi connectivity index (χ3v) is 5.38. The van der Waals surface area contributed by atoms with E-state index in [-0.39, 0.29) is 5.91 Å². The van der Waals surface area contributed by atoms with Gasteiger partial charge < -0.3 is 20.3 Å². The molecular weight excluding hydrogens is 428 g/mol. The van der Waals surface area contributed by atoms with Gasteiger partial charge in [0.25, 0.3) is 5.91 Å². The predicted octanol–water partition coefficient (Wildman–Crippen LogP) is 4.72. The Balaban J connectivity index is 1.44. The summed E-state index contributed by atoms with van der Waals surface area (Å²) in [6, 6.07) is 22.5. The third-order valence-electron chi connectivity index (χ3n) is 5.38. The summed E-state index contributed by atoms with van der Waals surface area (Å²) < 4.78 is 6.92. The van der Waals surface area contributed by atoms with Crippen LogP contribution in [0.3, 0.4) is 0 Å². The molecule has 174 valence electrons. The maximum atomic E-state index is 12.6. The highest BCUT2D eigenvalue weighted by Crippen LogP contribution is 2.23. The second-order valence-corrected chi connectivity index (χ2v) is 7.92. The molecule has 0 fully saturated rings. The number of methoxy groups -OCH3 is 1. The first kappa shape index (κ1) is 23.0. The van der Waals surface area contributed by atoms with Gasteiger partial charge in [0.15, 0.2) is 0 Å². The number of carbonyl (C=O) groups excluding carboxylic acids is 1. The average molecular weight is 457 g/mol. The molecule has 0 bridgehead atoms. The quantitative estimate of drug-likeness (QED) is 0.379. The molecule has 0 unspecified atom stereocenters. The normalized spacial score (nSPS) is 10.8. The molecule has 8 nitrogen and oxygen atoms in total. The molecule has 34 heavy (non-hydrogen) atoms. The minimum Gasteiger partial charge on any atom is -0.497 e. The van der Waals surface area contributed by atoms with Gasteiger partial charge in [-0.15, -0.1) is 5.10 Å². The van der Waals surface area contributed by atoms with E-state index in [0.29, 0.717) is 17.0 Å². The van der Waals surface area contributed by atoms with Crippen LogP contribution >= 0.6 is 0 Å². The monoisotopic (exact) mass is 456 g/mol. The van der Waals surface area contributed by atoms with E-state index in [0.717, 1.165) is 35.8 Å². The van der Waals surface area contributed by atoms with E-state index in [1.165, 1.54) is 0 Å². The van der Waals surface area contributed by atoms with Crippen LogP contribution < -0.4 is 15.4 Å². The molecule has 1 heterocycles. The van der Waals surface area contributed by atoms with Crippen molar-refractivity contribution in [2.75, 3.05) is 31.3 Å². The van der Waals surface area contributed by atoms with Crippen LogP contribution in [0.5, 0.6) is 5.75 Å². The minimum atomic E-state index is -0.183. The summed E-state index contributed by atoms with van der Waals surface area (Å²) in [4.78, 5) is 14.8. The zero-order chi connectivity index (χ0) is 23.9. The summed E-state index contributed by atoms with van der Waals surface area (Å²) in [6.45, 7) is 3.81. The van der Waals surface area contributed by atoms with Crippen LogP contribution in [0.4, 0.5) is 17.1 Å². The van der Waals surface area contributed by atoms with Crippen molar-refractivity contribution in [1.82, 2.24) is 19.9 Å². The number of anilines is 3. The van der Waals surface area contributed by atoms with E-state index in [2.05, 4.69) is 39.8 Å². The summed E-state index contributed by atoms with van der Waals surface area (Å²) in [7, 11) is 3.65. The van der Waals surface area contributed by atoms with Crippen LogP contribution in [0.2, 0.25) is 0 Å². The number of hydrogen-bond acceptors (Lipinski definition) is 6. The van der Waals surface area contributed by atoms with Gasteiger partial charge >= 0.3 is 0 Å². The molecule has 0 saturated carbocycles. The number of benzene rings is 3. The fraction of sp³-hybridized carbons (Fsp3) is 0.192. The first-order valence-corrected chi connectivity index (χ1v) is 11.1. The van der Waals surface area contributed by atoms with Crippen LogP contribution in [-0.4, -0.2) is 46.5 Å². The minimum absolute atomic E-state index is 0.183. The highest BCUT2D eigenvalue weighted by Gasteiger charge is 2.08. The maximum Gasteiger partial charge on any atom is 0.255 e. The third kappa shape index (κ3) is 5.79. The molecule has 8 heteroatoms. The van der Waals surface area contributed by atoms with Crippen LogP contribution in [0.15, 0.2) is 79.0 Å². The standard InChI is InChI=1S/C26H28N6O2/c1-4-31(2)17-23-18-32(30-29-23)24-10-6-9-22(16-24)27-20-7-5-8-21(15-20)28-26(33)19-11-13-25(34-3)14-12-19/h5-16,18,27H,4,17H2,1-3H3,(H,28,33). The van der Waals surface area contributed by atoms with Gasteiger partial charge in [0.05, 0.1) is 24.7 Å². The molecule has 0 aliphatic rings. The largest absolute Gasteiger partial charge is 0.497 e. The van der Waals surface area contributed by atoms with Crippen molar-refractivity contribution in [3.05, 3.63) is 90.3 Å². The molecule has 1 aromatic heterocycles. The van der Waals surface area contributed by atoms with Crippen molar-refractivity contribution in [3.63, 3.8) is 0 Å². The molecule has 4 rings (SSSR count). The first-order chi connectivity index (χ1) is 16.5. The zero-order valence-corrected chi connectivity index (χ0v) is 19.5. The Morgan fingerprint density at radius 2 is 1.71 bits per heavy atom. The van der Waals surface area contributed by atoms with Gasteiger partial charge in [-0.3, -0.25) is 4.79 Å². The zero-order valence-electron chi connectivity index (χ0n) is 19.5. The molecule has 0 aliphatic heterocycles. The smallest absolute Gasteiger partial charge is 0.255 e. The number of rotatable bonds is 9. The van der Waals surface area contributed by atoms with Gasteiger partial charge in [-0.1, -0.05) is 24.3 Å². The fourth-order valence-corrected chi connectivity index (χ4v) is 3.40. The molecule has 0 spiro atoms. The summed E-state index contributed by atoms with van der Waals surface area (Å²) in [5, 5.41) is 14.9. The van der Waals surface area contributed by atoms with Gasteiger partial charge in [-0.2, -0.15) is 0 Å². The molecular formula is C26H28N6O2. The predicted molar refractivity (Wildman–Crippen MR) is 134 cm³/mol. The molecule has 0 aliphatic carbocycles. The number of nitrogens with zero attached hydrogens (tertiary/aromatic N) is 4. The summed E-state index contributed by atoms with van der Waals surface area (Å²) in [6.07, 6.45) is 1.95. The molecule has 0 radical (unpaired) electrons. The SMILES string of the molecule is CCN(C)Cc1cn(-c2cccc(Nc3cccc(NC(=O)c4ccc(OC)cc4)c3)c2)nn1. The van der Waals surface area contributed by atoms with Gasteiger partial charge in [0, 0.05) is 29.2 Å². The van der Waals surface area contributed by atoms with Crippen molar-refractivity contribution in [1.29, 1.82) is 0 Å². The molecule has 3 aromatic carbocycles. The Hall–Kier alpha value is -4.17. The first-order valence-electron chi connectivity index (χ1n) is 11.1. The molecule has 4 aromatic rings. The summed E-state index contributed by atoms with van der Waals surface area (Å²) in [5.41, 5.74) is 4.84. The molecule has 0 atom stereocenters. The lowest BCUT2D eigenvalue weighted by molar-refractivity contribution is 0.102. The number of carbonyl (C=O) groups is 1. The average Bonchev–Trinajstić information content (AvgIpc) is 3.33. The van der Waals surface area contributed by atoms with Gasteiger partial charge in [0.2, 0.25) is 0 Å². The van der Waals surface area contributed by atoms with E-state index in [4.69, 9.17) is 4.74 Å². The van der Waals surface area contributed by atoms with E-state index >= 15 is 0 Å². The van der Waals surface area contributed by atoms with Crippen molar-refractivity contribution in [3.8, 4) is 11.4 Å². The Morgan fingerprint density at radius 1 is 1.00 bits per heavy atom. The van der Waals surface area contributed by atoms with Gasteiger partial charge in [-0.25, -0.2) is 4.68 Å². The van der Waals surface area contributed by atoms with Gasteiger partial charge in [0.1, 0.15) is 5.75 Å². The highest BCUT2D eigenvalue weighted by molar-refractivity contribution is 6.04. The van der Waals surface area contributed by atoms with Crippen molar-refractivity contribution in [2.45, 2.75) is 13.5 Å². The Labute approximate surface area is 199 Å². The number of ether oxygens (including phenoxy) is 1. The van der Waals surface area contributed by atoms with E-state index in [1.807, 2.05) is 54.7 Å². The number of aromatic nitrogens is 3. The Kier molecular flexibility index (Phi) is 7.19. The maximum absolute atomic E-state index is 12.6. The lowest BCUT2D eigenvalue weighted by Gasteiger charge is -2.11. The van der Waals surface area contributed by atoms with Crippen molar-refractivity contribution >= 4 is 23.0 Å². The molecule has 0 saturated heterocycles. The lowest BCUT2D eigenvalue weighted by atomic mass is 10.2. The number of amides is 1. The second kappa shape index (κ2) is 10.6. The van der Waals surface area contributed by atoms with E-state index in [9.17, 15) is 4.79 Å². The van der Waals surface area contributed by atoms with Crippen LogP contribution in [0.1, 0.15) is 23.0 Å². The lowest BCUT2D eigenvalue weighted by Crippen LogP contribution is -2.16. The summed E-state index contributed by atoms with van der Waals surface area (Å²) >= 11 is 0. The van der Waals surface area contributed by atoms with Crippen molar-refractivity contribution < 1.29 is 9.53 Å². The number of nitrogens with one attached hydrogen (secondary N) is 2. The van der Waals surface area contributed by atoms with Crippen LogP contribution in [0.25, 0.3) is 5.69 Å². The van der Waals surface area contributed by atoms with Gasteiger partial charge in [-0.05, 0) is 74.3 Å². The summed E-state index contributed by atoms with van der Waals surface area (Å²) in [5.74, 6) is 0.526.